The molecule has 0 radical (unpaired) electrons. The van der Waals surface area contributed by atoms with Crippen molar-refractivity contribution in [3.05, 3.63) is 0 Å². The molecule has 0 aliphatic heterocycles. The Morgan fingerprint density at radius 3 is 1.17 bits per heavy atom. The van der Waals surface area contributed by atoms with Crippen molar-refractivity contribution in [1.82, 2.24) is 0 Å². The molecule has 0 spiro atoms. The Hall–Kier alpha value is 1.49. The summed E-state index contributed by atoms with van der Waals surface area (Å²) in [6, 6.07) is 0. The van der Waals surface area contributed by atoms with E-state index in [0.717, 1.165) is 0 Å². The molecule has 0 atom stereocenters. The SMILES string of the molecule is [Cd].[O-][I+3]([O-])([O-])O. The van der Waals surface area contributed by atoms with Crippen LogP contribution in [0.3, 0.4) is 0 Å². The first kappa shape index (κ1) is 10.5. The van der Waals surface area contributed by atoms with Gasteiger partial charge in [0.15, 0.2) is 0 Å². The van der Waals surface area contributed by atoms with Crippen LogP contribution in [0.15, 0.2) is 0 Å². The Morgan fingerprint density at radius 1 is 1.17 bits per heavy atom. The van der Waals surface area contributed by atoms with E-state index in [1.54, 1.807) is 0 Å². The van der Waals surface area contributed by atoms with Gasteiger partial charge >= 0.3 is 20.1 Å². The van der Waals surface area contributed by atoms with Crippen molar-refractivity contribution in [3.63, 3.8) is 0 Å². The zero-order chi connectivity index (χ0) is 4.50. The Kier molecular flexibility index (Phi) is 6.09. The number of rotatable bonds is 0. The summed E-state index contributed by atoms with van der Waals surface area (Å²) in [6.45, 7) is 0. The van der Waals surface area contributed by atoms with Crippen LogP contribution >= 0.6 is 0 Å². The quantitative estimate of drug-likeness (QED) is 0.356. The predicted molar refractivity (Wildman–Crippen MR) is 2.22 cm³/mol. The maximum Gasteiger partial charge on any atom is 0.368 e. The molecule has 0 bridgehead atoms. The molecule has 34 valence electrons. The van der Waals surface area contributed by atoms with E-state index in [0.29, 0.717) is 0 Å². The van der Waals surface area contributed by atoms with Crippen LogP contribution in [0, 0.1) is 0 Å². The van der Waals surface area contributed by atoms with Crippen molar-refractivity contribution in [3.8, 4) is 0 Å². The Morgan fingerprint density at radius 2 is 1.17 bits per heavy atom. The van der Waals surface area contributed by atoms with E-state index in [2.05, 4.69) is 0 Å². The Bertz CT molecular complexity index is 23.0. The molecule has 6 heteroatoms. The van der Waals surface area contributed by atoms with Crippen LogP contribution in [0.2, 0.25) is 0 Å². The van der Waals surface area contributed by atoms with Gasteiger partial charge in [0.05, 0.1) is 0 Å². The van der Waals surface area contributed by atoms with Gasteiger partial charge in [-0.1, -0.05) is 0 Å². The molecule has 0 amide bonds. The average Bonchev–Trinajstić information content (AvgIpc) is 0.722. The molecule has 1 N–H and O–H groups in total. The van der Waals surface area contributed by atoms with Crippen LogP contribution in [0.1, 0.15) is 0 Å². The fourth-order valence-corrected chi connectivity index (χ4v) is 0. The van der Waals surface area contributed by atoms with Crippen LogP contribution in [0.4, 0.5) is 0 Å². The van der Waals surface area contributed by atoms with E-state index in [9.17, 15) is 0 Å². The Labute approximate surface area is 60.7 Å². The minimum Gasteiger partial charge on any atom is -0.256 e. The van der Waals surface area contributed by atoms with Crippen molar-refractivity contribution in [2.45, 2.75) is 0 Å². The van der Waals surface area contributed by atoms with E-state index in [4.69, 9.17) is 13.7 Å². The second kappa shape index (κ2) is 3.49. The van der Waals surface area contributed by atoms with E-state index >= 15 is 0 Å². The zero-order valence-corrected chi connectivity index (χ0v) is 8.95. The third kappa shape index (κ3) is 49.8. The summed E-state index contributed by atoms with van der Waals surface area (Å²) in [5.74, 6) is 0. The fraction of sp³-hybridized carbons (Fsp3) is 0. The van der Waals surface area contributed by atoms with Gasteiger partial charge in [-0.3, -0.25) is 10.3 Å². The standard InChI is InChI=1S/Cd.HIO4/c;2-1(3,4)5/h;2H. The van der Waals surface area contributed by atoms with Gasteiger partial charge in [-0.15, -0.1) is 0 Å². The molecule has 0 unspecified atom stereocenters. The molecular weight excluding hydrogens is 303 g/mol. The summed E-state index contributed by atoms with van der Waals surface area (Å²) >= 11 is -5.69. The van der Waals surface area contributed by atoms with Crippen molar-refractivity contribution in [2.75, 3.05) is 0 Å². The number of hydrogen-bond acceptors (Lipinski definition) is 4. The molecule has 0 rings (SSSR count). The second-order valence-corrected chi connectivity index (χ2v) is 2.66. The summed E-state index contributed by atoms with van der Waals surface area (Å²) in [5.41, 5.74) is 0. The smallest absolute Gasteiger partial charge is 0.256 e. The molecule has 0 aliphatic carbocycles. The van der Waals surface area contributed by atoms with E-state index in [1.165, 1.54) is 0 Å². The van der Waals surface area contributed by atoms with E-state index in [1.807, 2.05) is 0 Å². The average molecular weight is 304 g/mol. The van der Waals surface area contributed by atoms with Crippen LogP contribution < -0.4 is 30.4 Å². The summed E-state index contributed by atoms with van der Waals surface area (Å²) in [6.07, 6.45) is 0. The van der Waals surface area contributed by atoms with Crippen molar-refractivity contribution in [2.24, 2.45) is 0 Å². The minimum absolute atomic E-state index is 0. The van der Waals surface area contributed by atoms with Crippen LogP contribution in [0.5, 0.6) is 0 Å². The first-order chi connectivity index (χ1) is 2.00. The first-order valence-corrected chi connectivity index (χ1v) is 4.24. The second-order valence-electron chi connectivity index (χ2n) is 0.396. The Balaban J connectivity index is 0. The van der Waals surface area contributed by atoms with Gasteiger partial charge < -0.3 is 0 Å². The van der Waals surface area contributed by atoms with Gasteiger partial charge in [0.1, 0.15) is 0 Å². The molecule has 0 aromatic rings. The monoisotopic (exact) mass is 306 g/mol. The molecule has 4 nitrogen and oxygen atoms in total. The molecule has 0 saturated carbocycles. The maximum atomic E-state index is 8.73. The van der Waals surface area contributed by atoms with Crippen molar-refractivity contribution >= 4 is 0 Å². The van der Waals surface area contributed by atoms with Gasteiger partial charge in [-0.05, 0) is 0 Å². The molecule has 0 saturated heterocycles. The van der Waals surface area contributed by atoms with Crippen LogP contribution in [-0.2, 0) is 27.3 Å². The van der Waals surface area contributed by atoms with E-state index in [-0.39, 0.29) is 27.3 Å². The summed E-state index contributed by atoms with van der Waals surface area (Å²) in [7, 11) is 0. The first-order valence-electron chi connectivity index (χ1n) is 0.632. The van der Waals surface area contributed by atoms with Crippen molar-refractivity contribution in [1.29, 1.82) is 0 Å². The van der Waals surface area contributed by atoms with E-state index < -0.39 is 20.1 Å². The normalized spacial score (nSPS) is 10.0. The zero-order valence-electron chi connectivity index (χ0n) is 2.76. The summed E-state index contributed by atoms with van der Waals surface area (Å²) < 4.78 is 33.2. The van der Waals surface area contributed by atoms with Gasteiger partial charge in [0.2, 0.25) is 0 Å². The summed E-state index contributed by atoms with van der Waals surface area (Å²) in [5, 5.41) is 0. The topological polar surface area (TPSA) is 89.4 Å². The maximum absolute atomic E-state index is 8.73. The molecule has 0 aliphatic rings. The minimum atomic E-state index is -5.69. The van der Waals surface area contributed by atoms with Crippen LogP contribution in [0.25, 0.3) is 0 Å². The van der Waals surface area contributed by atoms with Gasteiger partial charge in [-0.25, -0.2) is 0 Å². The van der Waals surface area contributed by atoms with Gasteiger partial charge in [0, 0.05) is 30.7 Å². The molecule has 0 aromatic heterocycles. The molecule has 0 heterocycles. The van der Waals surface area contributed by atoms with Crippen LogP contribution in [-0.4, -0.2) is 3.44 Å². The third-order valence-corrected chi connectivity index (χ3v) is 0. The number of hydrogen-bond donors (Lipinski definition) is 1. The van der Waals surface area contributed by atoms with Gasteiger partial charge in [0.25, 0.3) is 0 Å². The third-order valence-electron chi connectivity index (χ3n) is 0. The predicted octanol–water partition coefficient (Wildman–Crippen LogP) is -7.12. The largest absolute Gasteiger partial charge is 0.368 e. The number of halogens is 1. The molecule has 0 aromatic carbocycles. The van der Waals surface area contributed by atoms with Crippen molar-refractivity contribution < 1.29 is 61.1 Å². The van der Waals surface area contributed by atoms with Gasteiger partial charge in [-0.2, -0.15) is 0 Å². The molecular formula is HCdIO4. The fourth-order valence-electron chi connectivity index (χ4n) is 0. The molecule has 0 fully saturated rings. The summed E-state index contributed by atoms with van der Waals surface area (Å²) in [4.78, 5) is 0. The molecule has 6 heavy (non-hydrogen) atoms.